The zero-order chi connectivity index (χ0) is 29.2. The van der Waals surface area contributed by atoms with Crippen molar-refractivity contribution in [2.45, 2.75) is 6.92 Å². The molecule has 42 heavy (non-hydrogen) atoms. The molecule has 1 saturated heterocycles. The average molecular weight is 565 g/mol. The van der Waals surface area contributed by atoms with Gasteiger partial charge in [0.1, 0.15) is 11.5 Å². The van der Waals surface area contributed by atoms with Crippen molar-refractivity contribution in [2.24, 2.45) is 4.99 Å². The predicted molar refractivity (Wildman–Crippen MR) is 167 cm³/mol. The predicted octanol–water partition coefficient (Wildman–Crippen LogP) is 5.69. The van der Waals surface area contributed by atoms with Crippen molar-refractivity contribution in [2.75, 3.05) is 51.8 Å². The largest absolute Gasteiger partial charge is 0.378 e. The number of likely N-dealkylation sites (N-methyl/N-ethyl adjacent to an activating group) is 1. The number of ether oxygens (including phenoxy) is 1. The van der Waals surface area contributed by atoms with Gasteiger partial charge in [-0.05, 0) is 80.3 Å². The van der Waals surface area contributed by atoms with Crippen molar-refractivity contribution in [3.05, 3.63) is 77.9 Å². The molecule has 0 amide bonds. The lowest BCUT2D eigenvalue weighted by molar-refractivity contribution is 0.122. The molecule has 5 aromatic rings. The maximum absolute atomic E-state index is 14.8. The second-order valence-electron chi connectivity index (χ2n) is 10.7. The van der Waals surface area contributed by atoms with Crippen LogP contribution in [0, 0.1) is 5.82 Å². The molecule has 1 aliphatic rings. The highest BCUT2D eigenvalue weighted by Gasteiger charge is 2.18. The van der Waals surface area contributed by atoms with E-state index in [0.29, 0.717) is 30.4 Å². The first kappa shape index (κ1) is 27.5. The number of halogens is 1. The number of nitrogens with one attached hydrogen (secondary N) is 2. The zero-order valence-corrected chi connectivity index (χ0v) is 24.0. The highest BCUT2D eigenvalue weighted by Crippen LogP contribution is 2.34. The van der Waals surface area contributed by atoms with Crippen LogP contribution in [0.1, 0.15) is 12.5 Å². The Morgan fingerprint density at radius 3 is 2.81 bits per heavy atom. The summed E-state index contributed by atoms with van der Waals surface area (Å²) >= 11 is 0. The van der Waals surface area contributed by atoms with E-state index in [4.69, 9.17) is 9.72 Å². The van der Waals surface area contributed by atoms with Crippen LogP contribution in [0.4, 0.5) is 10.1 Å². The van der Waals surface area contributed by atoms with Crippen LogP contribution >= 0.6 is 0 Å². The number of para-hydroxylation sites is 1. The van der Waals surface area contributed by atoms with Gasteiger partial charge in [0.2, 0.25) is 0 Å². The van der Waals surface area contributed by atoms with Gasteiger partial charge in [-0.2, -0.15) is 5.10 Å². The fourth-order valence-corrected chi connectivity index (χ4v) is 5.38. The molecule has 1 aliphatic heterocycles. The van der Waals surface area contributed by atoms with Gasteiger partial charge in [-0.1, -0.05) is 18.2 Å². The number of H-pyrrole nitrogens is 2. The highest BCUT2D eigenvalue weighted by molar-refractivity contribution is 5.97. The molecule has 0 saturated carbocycles. The number of nitrogens with zero attached hydrogens (tertiary/aromatic N) is 6. The Morgan fingerprint density at radius 2 is 2.02 bits per heavy atom. The Kier molecular flexibility index (Phi) is 7.64. The smallest absolute Gasteiger partial charge is 0.159 e. The van der Waals surface area contributed by atoms with Crippen LogP contribution in [0.3, 0.4) is 0 Å². The number of rotatable bonds is 8. The van der Waals surface area contributed by atoms with Crippen LogP contribution in [-0.4, -0.2) is 83.7 Å². The number of fused-ring (bicyclic) bond motifs is 2. The minimum atomic E-state index is -0.283. The molecule has 0 aliphatic carbocycles. The summed E-state index contributed by atoms with van der Waals surface area (Å²) in [7, 11) is 4.03. The molecule has 3 aromatic heterocycles. The van der Waals surface area contributed by atoms with E-state index in [-0.39, 0.29) is 5.82 Å². The molecule has 9 nitrogen and oxygen atoms in total. The summed E-state index contributed by atoms with van der Waals surface area (Å²) < 4.78 is 20.3. The lowest BCUT2D eigenvalue weighted by Crippen LogP contribution is -2.36. The number of aliphatic imine (C=N–C) groups is 1. The number of hydrogen-bond donors (Lipinski definition) is 2. The highest BCUT2D eigenvalue weighted by atomic mass is 19.1. The SMILES string of the molecule is C=N/C=C(\C=C(/C)c1cnc2[nH]nc(-c3nc4c(-c5cc(F)cc(N6CCOCC6)c5)cccc4[nH]3)c2c1)CN(C)C. The van der Waals surface area contributed by atoms with Gasteiger partial charge in [0.25, 0.3) is 0 Å². The molecular weight excluding hydrogens is 531 g/mol. The Labute approximate surface area is 243 Å². The molecule has 1 fully saturated rings. The fourth-order valence-electron chi connectivity index (χ4n) is 5.38. The standard InChI is InChI=1S/C32H33FN8O/c1-20(12-21(17-34-2)19-40(3)4)23-15-27-30(38-39-31(27)35-18-23)32-36-28-7-5-6-26(29(28)37-32)22-13-24(33)16-25(14-22)41-8-10-42-11-9-41/h5-7,12-18H,2,8-11,19H2,1,3-4H3,(H,36,37)(H,35,38,39)/b20-12+,21-17+. The quantitative estimate of drug-likeness (QED) is 0.186. The van der Waals surface area contributed by atoms with Crippen LogP contribution < -0.4 is 4.90 Å². The van der Waals surface area contributed by atoms with Crippen LogP contribution in [0.2, 0.25) is 0 Å². The lowest BCUT2D eigenvalue weighted by atomic mass is 10.0. The number of aromatic nitrogens is 5. The van der Waals surface area contributed by atoms with Gasteiger partial charge in [-0.15, -0.1) is 0 Å². The van der Waals surface area contributed by atoms with E-state index in [0.717, 1.165) is 69.6 Å². The molecule has 0 unspecified atom stereocenters. The summed E-state index contributed by atoms with van der Waals surface area (Å²) in [6.45, 7) is 9.12. The second kappa shape index (κ2) is 11.7. The van der Waals surface area contributed by atoms with Gasteiger partial charge in [0.15, 0.2) is 11.5 Å². The molecule has 214 valence electrons. The number of morpholine rings is 1. The Bertz CT molecular complexity index is 1830. The third-order valence-corrected chi connectivity index (χ3v) is 7.34. The van der Waals surface area contributed by atoms with Crippen LogP contribution in [0.5, 0.6) is 0 Å². The first-order chi connectivity index (χ1) is 20.4. The Hall–Kier alpha value is -4.67. The number of anilines is 1. The number of imidazole rings is 1. The normalized spacial score (nSPS) is 14.8. The molecular formula is C32H33FN8O. The molecule has 0 spiro atoms. The molecule has 6 rings (SSSR count). The van der Waals surface area contributed by atoms with E-state index >= 15 is 0 Å². The van der Waals surface area contributed by atoms with Crippen molar-refractivity contribution in [3.63, 3.8) is 0 Å². The lowest BCUT2D eigenvalue weighted by Gasteiger charge is -2.29. The van der Waals surface area contributed by atoms with Crippen molar-refractivity contribution in [3.8, 4) is 22.6 Å². The van der Waals surface area contributed by atoms with Gasteiger partial charge < -0.3 is 19.5 Å². The summed E-state index contributed by atoms with van der Waals surface area (Å²) in [5, 5.41) is 8.45. The van der Waals surface area contributed by atoms with Crippen molar-refractivity contribution >= 4 is 40.0 Å². The third-order valence-electron chi connectivity index (χ3n) is 7.34. The van der Waals surface area contributed by atoms with Crippen molar-refractivity contribution < 1.29 is 9.13 Å². The van der Waals surface area contributed by atoms with Crippen molar-refractivity contribution in [1.82, 2.24) is 30.0 Å². The maximum Gasteiger partial charge on any atom is 0.159 e. The van der Waals surface area contributed by atoms with Gasteiger partial charge in [-0.25, -0.2) is 14.4 Å². The maximum atomic E-state index is 14.8. The van der Waals surface area contributed by atoms with Gasteiger partial charge in [-0.3, -0.25) is 10.1 Å². The first-order valence-electron chi connectivity index (χ1n) is 13.8. The van der Waals surface area contributed by atoms with E-state index in [1.165, 1.54) is 0 Å². The fraction of sp³-hybridized carbons (Fsp3) is 0.250. The van der Waals surface area contributed by atoms with Gasteiger partial charge >= 0.3 is 0 Å². The van der Waals surface area contributed by atoms with E-state index in [2.05, 4.69) is 53.8 Å². The van der Waals surface area contributed by atoms with Crippen molar-refractivity contribution in [1.29, 1.82) is 0 Å². The number of hydrogen-bond acceptors (Lipinski definition) is 7. The van der Waals surface area contributed by atoms with E-state index < -0.39 is 0 Å². The summed E-state index contributed by atoms with van der Waals surface area (Å²) in [6, 6.07) is 13.1. The average Bonchev–Trinajstić information content (AvgIpc) is 3.61. The molecule has 0 atom stereocenters. The summed E-state index contributed by atoms with van der Waals surface area (Å²) in [6.07, 6.45) is 5.69. The molecule has 0 radical (unpaired) electrons. The first-order valence-corrected chi connectivity index (χ1v) is 13.8. The number of benzene rings is 2. The minimum absolute atomic E-state index is 0.283. The van der Waals surface area contributed by atoms with E-state index in [1.54, 1.807) is 18.3 Å². The van der Waals surface area contributed by atoms with Gasteiger partial charge in [0.05, 0.1) is 29.6 Å². The van der Waals surface area contributed by atoms with E-state index in [1.807, 2.05) is 51.5 Å². The summed E-state index contributed by atoms with van der Waals surface area (Å²) in [5.41, 5.74) is 8.42. The van der Waals surface area contributed by atoms with Crippen LogP contribution in [0.15, 0.2) is 71.5 Å². The van der Waals surface area contributed by atoms with Gasteiger partial charge in [0, 0.05) is 43.3 Å². The molecule has 0 bridgehead atoms. The summed E-state index contributed by atoms with van der Waals surface area (Å²) in [5.74, 6) is 0.327. The third kappa shape index (κ3) is 5.59. The second-order valence-corrected chi connectivity index (χ2v) is 10.7. The minimum Gasteiger partial charge on any atom is -0.378 e. The molecule has 2 aromatic carbocycles. The van der Waals surface area contributed by atoms with Crippen LogP contribution in [0.25, 0.3) is 50.3 Å². The van der Waals surface area contributed by atoms with E-state index in [9.17, 15) is 4.39 Å². The molecule has 4 heterocycles. The Balaban J connectivity index is 1.39. The summed E-state index contributed by atoms with van der Waals surface area (Å²) in [4.78, 5) is 21.2. The topological polar surface area (TPSA) is 98.3 Å². The number of aromatic amines is 2. The molecule has 2 N–H and O–H groups in total. The molecule has 10 heteroatoms. The zero-order valence-electron chi connectivity index (χ0n) is 24.0. The number of allylic oxidation sites excluding steroid dienone is 1. The Morgan fingerprint density at radius 1 is 1.19 bits per heavy atom. The monoisotopic (exact) mass is 564 g/mol. The van der Waals surface area contributed by atoms with Crippen LogP contribution in [-0.2, 0) is 4.74 Å². The number of pyridine rings is 1.